The van der Waals surface area contributed by atoms with Gasteiger partial charge in [-0.05, 0) is 37.5 Å². The highest BCUT2D eigenvalue weighted by Gasteiger charge is 2.34. The second-order valence-electron chi connectivity index (χ2n) is 8.14. The third kappa shape index (κ3) is 5.35. The number of benzene rings is 1. The summed E-state index contributed by atoms with van der Waals surface area (Å²) in [4.78, 5) is 38.9. The average molecular weight is 496 g/mol. The predicted octanol–water partition coefficient (Wildman–Crippen LogP) is 1.63. The zero-order valence-electron chi connectivity index (χ0n) is 19.7. The molecule has 1 saturated heterocycles. The van der Waals surface area contributed by atoms with Crippen molar-refractivity contribution in [3.8, 4) is 11.5 Å². The second-order valence-corrected chi connectivity index (χ2v) is 10.4. The van der Waals surface area contributed by atoms with Crippen LogP contribution >= 0.6 is 0 Å². The van der Waals surface area contributed by atoms with Crippen LogP contribution in [0.5, 0.6) is 11.5 Å². The number of hydrogen-bond donors (Lipinski definition) is 0. The molecule has 34 heavy (non-hydrogen) atoms. The number of carbonyl (C=O) groups is 2. The second kappa shape index (κ2) is 10.5. The number of amides is 1. The third-order valence-corrected chi connectivity index (χ3v) is 7.89. The fraction of sp³-hybridized carbons (Fsp3) is 0.522. The average Bonchev–Trinajstić information content (AvgIpc) is 3.17. The third-order valence-electron chi connectivity index (χ3n) is 6.14. The first-order valence-electron chi connectivity index (χ1n) is 10.9. The van der Waals surface area contributed by atoms with Gasteiger partial charge in [-0.15, -0.1) is 0 Å². The summed E-state index contributed by atoms with van der Waals surface area (Å²) in [7, 11) is 0.950. The maximum atomic E-state index is 13.1. The van der Waals surface area contributed by atoms with Crippen LogP contribution in [0.15, 0.2) is 21.3 Å². The van der Waals surface area contributed by atoms with E-state index in [0.717, 1.165) is 0 Å². The quantitative estimate of drug-likeness (QED) is 0.376. The number of ether oxygens (including phenoxy) is 3. The Morgan fingerprint density at radius 1 is 1.15 bits per heavy atom. The summed E-state index contributed by atoms with van der Waals surface area (Å²) in [5.41, 5.74) is 0.675. The van der Waals surface area contributed by atoms with Gasteiger partial charge in [0.25, 0.3) is 0 Å². The minimum Gasteiger partial charge on any atom is -0.493 e. The summed E-state index contributed by atoms with van der Waals surface area (Å²) in [5.74, 6) is -0.240. The van der Waals surface area contributed by atoms with Gasteiger partial charge in [0.15, 0.2) is 21.2 Å². The lowest BCUT2D eigenvalue weighted by Crippen LogP contribution is -2.42. The Morgan fingerprint density at radius 2 is 1.88 bits per heavy atom. The smallest absolute Gasteiger partial charge is 0.339 e. The largest absolute Gasteiger partial charge is 0.493 e. The van der Waals surface area contributed by atoms with Crippen molar-refractivity contribution in [2.75, 3.05) is 39.4 Å². The lowest BCUT2D eigenvalue weighted by molar-refractivity contribution is -0.142. The highest BCUT2D eigenvalue weighted by atomic mass is 32.2. The van der Waals surface area contributed by atoms with Gasteiger partial charge in [-0.2, -0.15) is 0 Å². The molecule has 1 aromatic heterocycles. The number of fused-ring (bicyclic) bond motifs is 1. The van der Waals surface area contributed by atoms with E-state index in [9.17, 15) is 22.8 Å². The van der Waals surface area contributed by atoms with Crippen LogP contribution in [0.2, 0.25) is 0 Å². The molecule has 1 aromatic carbocycles. The van der Waals surface area contributed by atoms with Crippen molar-refractivity contribution in [2.45, 2.75) is 38.6 Å². The molecule has 0 saturated carbocycles. The van der Waals surface area contributed by atoms with Gasteiger partial charge in [0.05, 0.1) is 39.3 Å². The number of hydrogen-bond acceptors (Lipinski definition) is 9. The van der Waals surface area contributed by atoms with Crippen LogP contribution in [0.25, 0.3) is 11.0 Å². The van der Waals surface area contributed by atoms with E-state index in [0.29, 0.717) is 34.4 Å². The van der Waals surface area contributed by atoms with E-state index in [-0.39, 0.29) is 48.8 Å². The van der Waals surface area contributed by atoms with Crippen molar-refractivity contribution >= 4 is 32.7 Å². The van der Waals surface area contributed by atoms with Crippen LogP contribution in [0, 0.1) is 6.92 Å². The molecule has 2 heterocycles. The highest BCUT2D eigenvalue weighted by molar-refractivity contribution is 7.91. The van der Waals surface area contributed by atoms with Gasteiger partial charge < -0.3 is 23.5 Å². The molecule has 3 rings (SSSR count). The summed E-state index contributed by atoms with van der Waals surface area (Å²) >= 11 is 0. The Morgan fingerprint density at radius 3 is 2.47 bits per heavy atom. The Balaban J connectivity index is 1.85. The molecule has 0 radical (unpaired) electrons. The van der Waals surface area contributed by atoms with Crippen LogP contribution in [0.1, 0.15) is 30.4 Å². The minimum atomic E-state index is -3.23. The fourth-order valence-corrected chi connectivity index (χ4v) is 6.01. The van der Waals surface area contributed by atoms with Crippen molar-refractivity contribution in [3.63, 3.8) is 0 Å². The topological polar surface area (TPSA) is 129 Å². The maximum Gasteiger partial charge on any atom is 0.339 e. The zero-order chi connectivity index (χ0) is 25.0. The Hall–Kier alpha value is -3.08. The lowest BCUT2D eigenvalue weighted by Gasteiger charge is -2.28. The number of methoxy groups -OCH3 is 3. The van der Waals surface area contributed by atoms with E-state index in [2.05, 4.69) is 4.74 Å². The van der Waals surface area contributed by atoms with Gasteiger partial charge in [0, 0.05) is 30.0 Å². The molecular weight excluding hydrogens is 466 g/mol. The summed E-state index contributed by atoms with van der Waals surface area (Å²) in [6, 6.07) is 2.96. The normalized spacial score (nSPS) is 16.9. The molecule has 186 valence electrons. The number of nitrogens with zero attached hydrogens (tertiary/aromatic N) is 1. The van der Waals surface area contributed by atoms with Crippen LogP contribution in [-0.4, -0.2) is 70.6 Å². The van der Waals surface area contributed by atoms with Crippen molar-refractivity contribution in [3.05, 3.63) is 33.7 Å². The number of aryl methyl sites for hydroxylation is 1. The first-order valence-corrected chi connectivity index (χ1v) is 12.7. The van der Waals surface area contributed by atoms with Crippen LogP contribution in [0.4, 0.5) is 0 Å². The molecule has 2 aromatic rings. The minimum absolute atomic E-state index is 0.00165. The highest BCUT2D eigenvalue weighted by Crippen LogP contribution is 2.36. The zero-order valence-corrected chi connectivity index (χ0v) is 20.5. The van der Waals surface area contributed by atoms with Crippen LogP contribution in [0.3, 0.4) is 0 Å². The molecule has 0 aliphatic carbocycles. The summed E-state index contributed by atoms with van der Waals surface area (Å²) in [6.07, 6.45) is 0.333. The van der Waals surface area contributed by atoms with E-state index in [1.54, 1.807) is 19.1 Å². The van der Waals surface area contributed by atoms with Crippen molar-refractivity contribution in [2.24, 2.45) is 0 Å². The predicted molar refractivity (Wildman–Crippen MR) is 124 cm³/mol. The molecule has 11 heteroatoms. The molecule has 1 fully saturated rings. The van der Waals surface area contributed by atoms with Crippen LogP contribution < -0.4 is 15.1 Å². The van der Waals surface area contributed by atoms with Gasteiger partial charge in [-0.3, -0.25) is 9.59 Å². The van der Waals surface area contributed by atoms with E-state index in [4.69, 9.17) is 13.9 Å². The molecule has 10 nitrogen and oxygen atoms in total. The van der Waals surface area contributed by atoms with Gasteiger partial charge in [-0.1, -0.05) is 0 Å². The van der Waals surface area contributed by atoms with Gasteiger partial charge in [0.1, 0.15) is 0 Å². The molecule has 0 N–H and O–H groups in total. The Labute approximate surface area is 197 Å². The van der Waals surface area contributed by atoms with Gasteiger partial charge in [-0.25, -0.2) is 13.2 Å². The Bertz CT molecular complexity index is 1250. The van der Waals surface area contributed by atoms with E-state index in [1.165, 1.54) is 26.2 Å². The maximum absolute atomic E-state index is 13.1. The van der Waals surface area contributed by atoms with E-state index in [1.807, 2.05) is 0 Å². The number of rotatable bonds is 9. The summed E-state index contributed by atoms with van der Waals surface area (Å²) < 4.78 is 44.7. The number of esters is 1. The molecule has 0 spiro atoms. The fourth-order valence-electron chi connectivity index (χ4n) is 4.28. The lowest BCUT2D eigenvalue weighted by atomic mass is 10.0. The SMILES string of the molecule is COC(=O)CCN(C(=O)CCc1c(C)c2ccc(OC)c(OC)c2oc1=O)[C@@H]1CCS(=O)(=O)C1. The van der Waals surface area contributed by atoms with Gasteiger partial charge >= 0.3 is 11.6 Å². The molecule has 1 aliphatic rings. The first-order chi connectivity index (χ1) is 16.1. The number of carbonyl (C=O) groups excluding carboxylic acids is 2. The van der Waals surface area contributed by atoms with Crippen molar-refractivity contribution < 1.29 is 36.6 Å². The van der Waals surface area contributed by atoms with E-state index < -0.39 is 27.5 Å². The van der Waals surface area contributed by atoms with Gasteiger partial charge in [0.2, 0.25) is 11.7 Å². The monoisotopic (exact) mass is 495 g/mol. The van der Waals surface area contributed by atoms with Crippen molar-refractivity contribution in [1.29, 1.82) is 0 Å². The molecule has 0 bridgehead atoms. The first kappa shape index (κ1) is 25.5. The summed E-state index contributed by atoms with van der Waals surface area (Å²) in [6.45, 7) is 1.82. The molecule has 1 aliphatic heterocycles. The molecule has 0 unspecified atom stereocenters. The van der Waals surface area contributed by atoms with E-state index >= 15 is 0 Å². The number of sulfone groups is 1. The van der Waals surface area contributed by atoms with Crippen LogP contribution in [-0.2, 0) is 30.6 Å². The van der Waals surface area contributed by atoms with Crippen molar-refractivity contribution in [1.82, 2.24) is 4.90 Å². The Kier molecular flexibility index (Phi) is 7.86. The summed E-state index contributed by atoms with van der Waals surface area (Å²) in [5, 5.41) is 0.657. The molecule has 1 atom stereocenters. The standard InChI is InChI=1S/C23H29NO9S/c1-14-16-5-7-18(30-2)22(32-4)21(16)33-23(27)17(14)6-8-19(25)24(11-9-20(26)31-3)15-10-12-34(28,29)13-15/h5,7,15H,6,8-13H2,1-4H3/t15-/m1/s1. The molecule has 1 amide bonds. The molecular formula is C23H29NO9S.